The Labute approximate surface area is 99.1 Å². The van der Waals surface area contributed by atoms with Gasteiger partial charge in [-0.2, -0.15) is 0 Å². The van der Waals surface area contributed by atoms with Crippen molar-refractivity contribution in [2.45, 2.75) is 6.36 Å². The molecule has 0 aliphatic heterocycles. The molecule has 7 heteroatoms. The third-order valence-corrected chi connectivity index (χ3v) is 3.99. The van der Waals surface area contributed by atoms with Gasteiger partial charge in [-0.25, -0.2) is 0 Å². The van der Waals surface area contributed by atoms with Crippen molar-refractivity contribution < 1.29 is 17.9 Å². The Morgan fingerprint density at radius 2 is 1.85 bits per heavy atom. The number of pyridine rings is 1. The molecule has 0 saturated heterocycles. The number of nitrogens with zero attached hydrogens (tertiary/aromatic N) is 1. The number of rotatable bonds is 1. The fraction of sp³-hybridized carbons (Fsp3) is 0.167. The van der Waals surface area contributed by atoms with Crippen molar-refractivity contribution in [3.63, 3.8) is 0 Å². The van der Waals surface area contributed by atoms with Gasteiger partial charge in [0.1, 0.15) is 0 Å². The largest absolute Gasteiger partial charge is 0.573 e. The second-order valence-corrected chi connectivity index (χ2v) is 4.22. The SMILES string of the molecule is FC(F)(F)Oc1cncc(I)c1I. The standard InChI is InChI=1S/C6H2F3I2NO/c7-6(8,9)13-4-2-12-1-3(10)5(4)11/h1-2H. The maximum atomic E-state index is 11.8. The molecule has 0 N–H and O–H groups in total. The lowest BCUT2D eigenvalue weighted by atomic mass is 10.5. The molecule has 0 aliphatic carbocycles. The van der Waals surface area contributed by atoms with E-state index in [-0.39, 0.29) is 5.75 Å². The maximum Gasteiger partial charge on any atom is 0.573 e. The molecule has 1 heterocycles. The van der Waals surface area contributed by atoms with Crippen LogP contribution in [0.2, 0.25) is 0 Å². The lowest BCUT2D eigenvalue weighted by Gasteiger charge is -2.10. The van der Waals surface area contributed by atoms with Crippen LogP contribution in [-0.2, 0) is 0 Å². The summed E-state index contributed by atoms with van der Waals surface area (Å²) in [7, 11) is 0. The average molecular weight is 415 g/mol. The molecule has 13 heavy (non-hydrogen) atoms. The highest BCUT2D eigenvalue weighted by atomic mass is 127. The van der Waals surface area contributed by atoms with Crippen molar-refractivity contribution in [2.24, 2.45) is 0 Å². The summed E-state index contributed by atoms with van der Waals surface area (Å²) in [5, 5.41) is 0. The predicted octanol–water partition coefficient (Wildman–Crippen LogP) is 3.19. The van der Waals surface area contributed by atoms with Gasteiger partial charge < -0.3 is 4.74 Å². The van der Waals surface area contributed by atoms with Crippen molar-refractivity contribution in [3.8, 4) is 5.75 Å². The van der Waals surface area contributed by atoms with E-state index in [0.717, 1.165) is 6.20 Å². The Morgan fingerprint density at radius 1 is 1.23 bits per heavy atom. The van der Waals surface area contributed by atoms with Gasteiger partial charge in [0.15, 0.2) is 5.75 Å². The van der Waals surface area contributed by atoms with E-state index < -0.39 is 6.36 Å². The van der Waals surface area contributed by atoms with Gasteiger partial charge in [0.05, 0.1) is 9.77 Å². The number of hydrogen-bond donors (Lipinski definition) is 0. The van der Waals surface area contributed by atoms with Crippen LogP contribution < -0.4 is 4.74 Å². The normalized spacial score (nSPS) is 11.5. The summed E-state index contributed by atoms with van der Waals surface area (Å²) in [4.78, 5) is 3.59. The van der Waals surface area contributed by atoms with E-state index >= 15 is 0 Å². The number of hydrogen-bond acceptors (Lipinski definition) is 2. The Hall–Kier alpha value is 0.200. The first kappa shape index (κ1) is 11.3. The Bertz CT molecular complexity index is 315. The second-order valence-electron chi connectivity index (χ2n) is 1.98. The highest BCUT2D eigenvalue weighted by molar-refractivity contribution is 14.1. The molecule has 72 valence electrons. The van der Waals surface area contributed by atoms with E-state index in [1.165, 1.54) is 6.20 Å². The van der Waals surface area contributed by atoms with Crippen LogP contribution in [0, 0.1) is 7.14 Å². The molecule has 0 aliphatic rings. The molecule has 0 bridgehead atoms. The molecule has 0 spiro atoms. The van der Waals surface area contributed by atoms with Crippen LogP contribution in [0.25, 0.3) is 0 Å². The van der Waals surface area contributed by atoms with Gasteiger partial charge in [0, 0.05) is 9.77 Å². The molecule has 0 fully saturated rings. The Balaban J connectivity index is 2.96. The van der Waals surface area contributed by atoms with Crippen molar-refractivity contribution in [1.82, 2.24) is 4.98 Å². The smallest absolute Gasteiger partial charge is 0.403 e. The van der Waals surface area contributed by atoms with Crippen molar-refractivity contribution >= 4 is 45.2 Å². The third-order valence-electron chi connectivity index (χ3n) is 1.03. The molecule has 0 unspecified atom stereocenters. The molecule has 1 aromatic rings. The number of ether oxygens (including phenoxy) is 1. The third kappa shape index (κ3) is 3.44. The Morgan fingerprint density at radius 3 is 2.38 bits per heavy atom. The molecule has 1 rings (SSSR count). The van der Waals surface area contributed by atoms with Crippen LogP contribution >= 0.6 is 45.2 Å². The van der Waals surface area contributed by atoms with E-state index in [1.807, 2.05) is 22.6 Å². The van der Waals surface area contributed by atoms with E-state index in [4.69, 9.17) is 0 Å². The summed E-state index contributed by atoms with van der Waals surface area (Å²) in [6.07, 6.45) is -2.16. The van der Waals surface area contributed by atoms with E-state index in [1.54, 1.807) is 22.6 Å². The van der Waals surface area contributed by atoms with Gasteiger partial charge in [-0.1, -0.05) is 0 Å². The number of aromatic nitrogens is 1. The zero-order valence-corrected chi connectivity index (χ0v) is 10.2. The molecule has 0 amide bonds. The molecule has 0 radical (unpaired) electrons. The predicted molar refractivity (Wildman–Crippen MR) is 56.4 cm³/mol. The number of halogens is 5. The average Bonchev–Trinajstić information content (AvgIpc) is 1.96. The van der Waals surface area contributed by atoms with Crippen LogP contribution in [0.3, 0.4) is 0 Å². The van der Waals surface area contributed by atoms with Crippen LogP contribution in [-0.4, -0.2) is 11.3 Å². The van der Waals surface area contributed by atoms with Crippen molar-refractivity contribution in [1.29, 1.82) is 0 Å². The molecule has 0 atom stereocenters. The first-order chi connectivity index (χ1) is 5.90. The first-order valence-electron chi connectivity index (χ1n) is 2.95. The minimum Gasteiger partial charge on any atom is -0.403 e. The number of alkyl halides is 3. The van der Waals surface area contributed by atoms with Crippen LogP contribution in [0.1, 0.15) is 0 Å². The molecule has 0 aromatic carbocycles. The molecular formula is C6H2F3I2NO. The molecule has 2 nitrogen and oxygen atoms in total. The summed E-state index contributed by atoms with van der Waals surface area (Å²) < 4.78 is 40.2. The summed E-state index contributed by atoms with van der Waals surface area (Å²) in [5.41, 5.74) is 0. The van der Waals surface area contributed by atoms with E-state index in [9.17, 15) is 13.2 Å². The van der Waals surface area contributed by atoms with E-state index in [0.29, 0.717) is 7.14 Å². The Kier molecular flexibility index (Phi) is 3.60. The quantitative estimate of drug-likeness (QED) is 0.658. The van der Waals surface area contributed by atoms with E-state index in [2.05, 4.69) is 9.72 Å². The van der Waals surface area contributed by atoms with Crippen LogP contribution in [0.5, 0.6) is 5.75 Å². The molecule has 0 saturated carbocycles. The van der Waals surface area contributed by atoms with Gasteiger partial charge in [-0.15, -0.1) is 13.2 Å². The minimum absolute atomic E-state index is 0.264. The van der Waals surface area contributed by atoms with Crippen LogP contribution in [0.15, 0.2) is 12.4 Å². The minimum atomic E-state index is -4.66. The zero-order chi connectivity index (χ0) is 10.1. The zero-order valence-electron chi connectivity index (χ0n) is 5.90. The fourth-order valence-electron chi connectivity index (χ4n) is 0.597. The molecule has 1 aromatic heterocycles. The lowest BCUT2D eigenvalue weighted by Crippen LogP contribution is -2.18. The highest BCUT2D eigenvalue weighted by Gasteiger charge is 2.32. The van der Waals surface area contributed by atoms with Crippen molar-refractivity contribution in [3.05, 3.63) is 19.5 Å². The second kappa shape index (κ2) is 4.15. The van der Waals surface area contributed by atoms with Gasteiger partial charge in [0.2, 0.25) is 0 Å². The first-order valence-corrected chi connectivity index (χ1v) is 5.10. The topological polar surface area (TPSA) is 22.1 Å². The highest BCUT2D eigenvalue weighted by Crippen LogP contribution is 2.29. The summed E-state index contributed by atoms with van der Waals surface area (Å²) >= 11 is 3.66. The van der Waals surface area contributed by atoms with Gasteiger partial charge in [0.25, 0.3) is 0 Å². The summed E-state index contributed by atoms with van der Waals surface area (Å²) in [6, 6.07) is 0. The van der Waals surface area contributed by atoms with Gasteiger partial charge in [-0.05, 0) is 45.2 Å². The van der Waals surface area contributed by atoms with Gasteiger partial charge >= 0.3 is 6.36 Å². The molecular weight excluding hydrogens is 413 g/mol. The summed E-state index contributed by atoms with van der Waals surface area (Å²) in [6.45, 7) is 0. The monoisotopic (exact) mass is 415 g/mol. The van der Waals surface area contributed by atoms with Gasteiger partial charge in [-0.3, -0.25) is 4.98 Å². The maximum absolute atomic E-state index is 11.8. The van der Waals surface area contributed by atoms with Crippen LogP contribution in [0.4, 0.5) is 13.2 Å². The fourth-order valence-corrected chi connectivity index (χ4v) is 1.41. The lowest BCUT2D eigenvalue weighted by molar-refractivity contribution is -0.275. The van der Waals surface area contributed by atoms with Crippen molar-refractivity contribution in [2.75, 3.05) is 0 Å². The summed E-state index contributed by atoms with van der Waals surface area (Å²) in [5.74, 6) is -0.264.